The number of amides is 2. The molecule has 0 radical (unpaired) electrons. The Morgan fingerprint density at radius 1 is 1.11 bits per heavy atom. The summed E-state index contributed by atoms with van der Waals surface area (Å²) in [5, 5.41) is 0. The number of rotatable bonds is 1. The Labute approximate surface area is 104 Å². The van der Waals surface area contributed by atoms with E-state index in [0.29, 0.717) is 11.3 Å². The smallest absolute Gasteiger partial charge is 0.262 e. The zero-order valence-corrected chi connectivity index (χ0v) is 10.4. The molecule has 0 aromatic heterocycles. The van der Waals surface area contributed by atoms with Crippen molar-refractivity contribution in [1.29, 1.82) is 0 Å². The van der Waals surface area contributed by atoms with Crippen molar-refractivity contribution in [3.05, 3.63) is 29.3 Å². The molecule has 0 saturated carbocycles. The maximum Gasteiger partial charge on any atom is 0.262 e. The highest BCUT2D eigenvalue weighted by molar-refractivity contribution is 6.22. The monoisotopic (exact) mass is 244 g/mol. The van der Waals surface area contributed by atoms with Gasteiger partial charge in [-0.2, -0.15) is 4.99 Å². The van der Waals surface area contributed by atoms with Crippen LogP contribution in [0.1, 0.15) is 41.5 Å². The third-order valence-electron chi connectivity index (χ3n) is 2.72. The molecule has 2 amide bonds. The van der Waals surface area contributed by atoms with Gasteiger partial charge >= 0.3 is 0 Å². The second-order valence-electron chi connectivity index (χ2n) is 5.05. The van der Waals surface area contributed by atoms with Gasteiger partial charge in [-0.3, -0.25) is 14.5 Å². The average Bonchev–Trinajstić information content (AvgIpc) is 2.51. The molecule has 1 aliphatic rings. The van der Waals surface area contributed by atoms with Crippen LogP contribution in [0.3, 0.4) is 0 Å². The van der Waals surface area contributed by atoms with Crippen molar-refractivity contribution in [3.8, 4) is 0 Å². The first kappa shape index (κ1) is 12.2. The van der Waals surface area contributed by atoms with E-state index in [0.717, 1.165) is 0 Å². The molecule has 0 spiro atoms. The van der Waals surface area contributed by atoms with Crippen LogP contribution in [0.5, 0.6) is 0 Å². The third kappa shape index (κ3) is 1.75. The molecule has 5 heteroatoms. The highest BCUT2D eigenvalue weighted by Gasteiger charge is 2.41. The number of hydrogen-bond donors (Lipinski definition) is 0. The van der Waals surface area contributed by atoms with Crippen molar-refractivity contribution in [2.45, 2.75) is 26.3 Å². The molecule has 1 aromatic carbocycles. The molecule has 0 fully saturated rings. The van der Waals surface area contributed by atoms with E-state index in [1.807, 2.05) is 0 Å². The van der Waals surface area contributed by atoms with Gasteiger partial charge in [0.1, 0.15) is 0 Å². The lowest BCUT2D eigenvalue weighted by Crippen LogP contribution is -2.45. The van der Waals surface area contributed by atoms with Crippen LogP contribution in [0.4, 0.5) is 5.69 Å². The lowest BCUT2D eigenvalue weighted by molar-refractivity contribution is 0.0508. The molecule has 5 nitrogen and oxygen atoms in total. The van der Waals surface area contributed by atoms with Crippen molar-refractivity contribution < 1.29 is 14.4 Å². The normalized spacial score (nSPS) is 14.5. The highest BCUT2D eigenvalue weighted by atomic mass is 16.2. The average molecular weight is 244 g/mol. The van der Waals surface area contributed by atoms with Crippen molar-refractivity contribution in [3.63, 3.8) is 0 Å². The van der Waals surface area contributed by atoms with Crippen LogP contribution in [0.15, 0.2) is 23.2 Å². The van der Waals surface area contributed by atoms with Gasteiger partial charge in [0.25, 0.3) is 11.8 Å². The molecule has 1 aromatic rings. The largest absolute Gasteiger partial charge is 0.269 e. The van der Waals surface area contributed by atoms with E-state index < -0.39 is 5.54 Å². The maximum atomic E-state index is 12.2. The lowest BCUT2D eigenvalue weighted by Gasteiger charge is -2.29. The quantitative estimate of drug-likeness (QED) is 0.431. The summed E-state index contributed by atoms with van der Waals surface area (Å²) in [5.41, 5.74) is 0.369. The minimum Gasteiger partial charge on any atom is -0.269 e. The van der Waals surface area contributed by atoms with E-state index in [2.05, 4.69) is 4.99 Å². The minimum atomic E-state index is -0.582. The third-order valence-corrected chi connectivity index (χ3v) is 2.72. The lowest BCUT2D eigenvalue weighted by atomic mass is 10.1. The van der Waals surface area contributed by atoms with E-state index in [1.54, 1.807) is 20.8 Å². The molecule has 0 aliphatic carbocycles. The molecule has 0 bridgehead atoms. The zero-order valence-electron chi connectivity index (χ0n) is 10.4. The number of carbonyl (C=O) groups excluding carboxylic acids is 3. The van der Waals surface area contributed by atoms with Crippen molar-refractivity contribution in [2.75, 3.05) is 0 Å². The van der Waals surface area contributed by atoms with Crippen LogP contribution < -0.4 is 0 Å². The summed E-state index contributed by atoms with van der Waals surface area (Å²) in [4.78, 5) is 39.1. The summed E-state index contributed by atoms with van der Waals surface area (Å²) in [5.74, 6) is -0.672. The van der Waals surface area contributed by atoms with Crippen LogP contribution in [-0.2, 0) is 4.79 Å². The van der Waals surface area contributed by atoms with Gasteiger partial charge in [0, 0.05) is 5.54 Å². The second-order valence-corrected chi connectivity index (χ2v) is 5.05. The second kappa shape index (κ2) is 3.89. The van der Waals surface area contributed by atoms with Gasteiger partial charge in [-0.15, -0.1) is 0 Å². The number of aliphatic imine (C=N–C) groups is 1. The topological polar surface area (TPSA) is 66.8 Å². The molecule has 0 saturated heterocycles. The Morgan fingerprint density at radius 3 is 2.28 bits per heavy atom. The van der Waals surface area contributed by atoms with Gasteiger partial charge < -0.3 is 0 Å². The van der Waals surface area contributed by atoms with Gasteiger partial charge in [-0.05, 0) is 39.0 Å². The molecule has 0 atom stereocenters. The number of carbonyl (C=O) groups is 2. The number of fused-ring (bicyclic) bond motifs is 1. The summed E-state index contributed by atoms with van der Waals surface area (Å²) in [7, 11) is 0. The van der Waals surface area contributed by atoms with E-state index in [4.69, 9.17) is 0 Å². The summed E-state index contributed by atoms with van der Waals surface area (Å²) < 4.78 is 0. The standard InChI is InChI=1S/C13H12N2O3/c1-13(2,3)15-11(17)9-5-4-8(14-7-16)6-10(9)12(15)18/h4-6H,1-3H3. The van der Waals surface area contributed by atoms with Crippen LogP contribution >= 0.6 is 0 Å². The van der Waals surface area contributed by atoms with E-state index in [1.165, 1.54) is 29.2 Å². The van der Waals surface area contributed by atoms with Gasteiger partial charge in [0.2, 0.25) is 6.08 Å². The molecule has 1 aliphatic heterocycles. The maximum absolute atomic E-state index is 12.2. The van der Waals surface area contributed by atoms with Crippen molar-refractivity contribution in [2.24, 2.45) is 4.99 Å². The summed E-state index contributed by atoms with van der Waals surface area (Å²) in [6.45, 7) is 5.37. The molecule has 0 N–H and O–H groups in total. The Bertz CT molecular complexity index is 593. The Kier molecular flexibility index (Phi) is 2.64. The van der Waals surface area contributed by atoms with E-state index in [-0.39, 0.29) is 17.4 Å². The fourth-order valence-electron chi connectivity index (χ4n) is 1.96. The van der Waals surface area contributed by atoms with E-state index >= 15 is 0 Å². The predicted octanol–water partition coefficient (Wildman–Crippen LogP) is 2.05. The summed E-state index contributed by atoms with van der Waals surface area (Å²) in [6.07, 6.45) is 1.41. The Hall–Kier alpha value is -2.26. The fourth-order valence-corrected chi connectivity index (χ4v) is 1.96. The van der Waals surface area contributed by atoms with Crippen LogP contribution in [-0.4, -0.2) is 28.3 Å². The first-order chi connectivity index (χ1) is 8.36. The number of benzene rings is 1. The van der Waals surface area contributed by atoms with E-state index in [9.17, 15) is 14.4 Å². The molecule has 0 unspecified atom stereocenters. The van der Waals surface area contributed by atoms with Gasteiger partial charge in [0.15, 0.2) is 0 Å². The molecular weight excluding hydrogens is 232 g/mol. The molecule has 2 rings (SSSR count). The number of hydrogen-bond acceptors (Lipinski definition) is 4. The highest BCUT2D eigenvalue weighted by Crippen LogP contribution is 2.31. The number of imide groups is 1. The SMILES string of the molecule is CC(C)(C)N1C(=O)c2ccc(N=C=O)cc2C1=O. The van der Waals surface area contributed by atoms with Crippen molar-refractivity contribution in [1.82, 2.24) is 4.90 Å². The molecule has 1 heterocycles. The number of isocyanates is 1. The van der Waals surface area contributed by atoms with Gasteiger partial charge in [-0.25, -0.2) is 4.79 Å². The van der Waals surface area contributed by atoms with Gasteiger partial charge in [0.05, 0.1) is 16.8 Å². The molecule has 92 valence electrons. The molecular formula is C13H12N2O3. The first-order valence-electron chi connectivity index (χ1n) is 5.47. The number of nitrogens with zero attached hydrogens (tertiary/aromatic N) is 2. The predicted molar refractivity (Wildman–Crippen MR) is 64.5 cm³/mol. The van der Waals surface area contributed by atoms with Crippen molar-refractivity contribution >= 4 is 23.6 Å². The molecule has 18 heavy (non-hydrogen) atoms. The van der Waals surface area contributed by atoms with Crippen LogP contribution in [0.2, 0.25) is 0 Å². The van der Waals surface area contributed by atoms with Crippen LogP contribution in [0.25, 0.3) is 0 Å². The van der Waals surface area contributed by atoms with Crippen LogP contribution in [0, 0.1) is 0 Å². The zero-order chi connectivity index (χ0) is 13.5. The Morgan fingerprint density at radius 2 is 1.72 bits per heavy atom. The summed E-state index contributed by atoms with van der Waals surface area (Å²) in [6, 6.07) is 4.46. The first-order valence-corrected chi connectivity index (χ1v) is 5.47. The minimum absolute atomic E-state index is 0.284. The summed E-state index contributed by atoms with van der Waals surface area (Å²) >= 11 is 0. The Balaban J connectivity index is 2.56. The van der Waals surface area contributed by atoms with Gasteiger partial charge in [-0.1, -0.05) is 0 Å². The fraction of sp³-hybridized carbons (Fsp3) is 0.308.